The number of carbonyl (C=O) groups is 2. The summed E-state index contributed by atoms with van der Waals surface area (Å²) >= 11 is 0. The third-order valence-corrected chi connectivity index (χ3v) is 6.15. The number of hydrogen-bond donors (Lipinski definition) is 3. The summed E-state index contributed by atoms with van der Waals surface area (Å²) in [7, 11) is 1.73. The first-order chi connectivity index (χ1) is 15.9. The summed E-state index contributed by atoms with van der Waals surface area (Å²) in [4.78, 5) is 26.5. The first-order valence-electron chi connectivity index (χ1n) is 11.2. The second-order valence-corrected chi connectivity index (χ2v) is 8.54. The Morgan fingerprint density at radius 2 is 1.88 bits per heavy atom. The zero-order valence-corrected chi connectivity index (χ0v) is 18.6. The van der Waals surface area contributed by atoms with Gasteiger partial charge in [0.05, 0.1) is 5.69 Å². The van der Waals surface area contributed by atoms with Crippen LogP contribution in [0, 0.1) is 5.82 Å². The fourth-order valence-corrected chi connectivity index (χ4v) is 4.31. The molecule has 0 aromatic heterocycles. The van der Waals surface area contributed by atoms with Crippen LogP contribution in [0.25, 0.3) is 0 Å². The number of hydrogen-bond acceptors (Lipinski definition) is 6. The quantitative estimate of drug-likeness (QED) is 0.569. The lowest BCUT2D eigenvalue weighted by atomic mass is 10.00. The fourth-order valence-electron chi connectivity index (χ4n) is 4.31. The SMILES string of the molecule is CN(CCCC1CC(c2ccccc2)NN1)C(=O)C1=NN(c2ccc(F)cc2)C(C(N)=O)C1. The Hall–Kier alpha value is -3.30. The monoisotopic (exact) mass is 452 g/mol. The Labute approximate surface area is 192 Å². The number of nitrogens with one attached hydrogen (secondary N) is 2. The first kappa shape index (κ1) is 22.9. The molecule has 0 radical (unpaired) electrons. The highest BCUT2D eigenvalue weighted by Crippen LogP contribution is 2.26. The van der Waals surface area contributed by atoms with Crippen LogP contribution in [-0.2, 0) is 9.59 Å². The van der Waals surface area contributed by atoms with E-state index in [1.807, 2.05) is 18.2 Å². The van der Waals surface area contributed by atoms with Gasteiger partial charge in [0.2, 0.25) is 5.91 Å². The molecule has 0 bridgehead atoms. The summed E-state index contributed by atoms with van der Waals surface area (Å²) in [6, 6.07) is 15.7. The summed E-state index contributed by atoms with van der Waals surface area (Å²) in [5.41, 5.74) is 14.3. The van der Waals surface area contributed by atoms with Crippen LogP contribution in [0.2, 0.25) is 0 Å². The molecule has 0 saturated carbocycles. The van der Waals surface area contributed by atoms with Crippen LogP contribution in [0.1, 0.15) is 37.3 Å². The van der Waals surface area contributed by atoms with E-state index < -0.39 is 17.8 Å². The van der Waals surface area contributed by atoms with E-state index in [4.69, 9.17) is 5.73 Å². The van der Waals surface area contributed by atoms with Gasteiger partial charge in [0.15, 0.2) is 0 Å². The van der Waals surface area contributed by atoms with Crippen molar-refractivity contribution < 1.29 is 14.0 Å². The molecule has 3 atom stereocenters. The third-order valence-electron chi connectivity index (χ3n) is 6.15. The molecule has 8 nitrogen and oxygen atoms in total. The van der Waals surface area contributed by atoms with Gasteiger partial charge in [-0.15, -0.1) is 0 Å². The number of primary amides is 1. The number of nitrogens with two attached hydrogens (primary N) is 1. The summed E-state index contributed by atoms with van der Waals surface area (Å²) in [6.45, 7) is 0.573. The van der Waals surface area contributed by atoms with E-state index in [0.717, 1.165) is 19.3 Å². The van der Waals surface area contributed by atoms with Crippen LogP contribution in [0.4, 0.5) is 10.1 Å². The van der Waals surface area contributed by atoms with Gasteiger partial charge < -0.3 is 10.6 Å². The standard InChI is InChI=1S/C24H29FN6O2/c1-30(13-5-8-18-14-20(28-27-18)16-6-3-2-4-7-16)24(33)21-15-22(23(26)32)31(29-21)19-11-9-17(25)10-12-19/h2-4,6-7,9-12,18,20,22,27-28H,5,8,13-15H2,1H3,(H2,26,32). The van der Waals surface area contributed by atoms with Crippen molar-refractivity contribution in [2.75, 3.05) is 18.6 Å². The van der Waals surface area contributed by atoms with Crippen molar-refractivity contribution in [2.24, 2.45) is 10.8 Å². The lowest BCUT2D eigenvalue weighted by molar-refractivity contribution is -0.123. The normalized spacial score (nSPS) is 22.3. The topological polar surface area (TPSA) is 103 Å². The van der Waals surface area contributed by atoms with E-state index in [1.165, 1.54) is 34.8 Å². The molecule has 2 heterocycles. The molecule has 0 aliphatic carbocycles. The Morgan fingerprint density at radius 3 is 2.58 bits per heavy atom. The molecule has 33 heavy (non-hydrogen) atoms. The highest BCUT2D eigenvalue weighted by Gasteiger charge is 2.36. The molecule has 2 amide bonds. The van der Waals surface area contributed by atoms with Gasteiger partial charge in [-0.3, -0.25) is 25.4 Å². The number of nitrogens with zero attached hydrogens (tertiary/aromatic N) is 3. The number of amides is 2. The van der Waals surface area contributed by atoms with Crippen molar-refractivity contribution in [3.8, 4) is 0 Å². The zero-order chi connectivity index (χ0) is 23.4. The minimum atomic E-state index is -0.772. The van der Waals surface area contributed by atoms with Crippen LogP contribution in [0.5, 0.6) is 0 Å². The lowest BCUT2D eigenvalue weighted by Gasteiger charge is -2.20. The Balaban J connectivity index is 1.30. The molecule has 2 aliphatic heterocycles. The molecule has 2 aromatic carbocycles. The molecule has 2 aliphatic rings. The van der Waals surface area contributed by atoms with Crippen LogP contribution in [-0.4, -0.2) is 48.1 Å². The van der Waals surface area contributed by atoms with Gasteiger partial charge >= 0.3 is 0 Å². The number of hydrazone groups is 1. The van der Waals surface area contributed by atoms with Gasteiger partial charge in [-0.05, 0) is 49.1 Å². The molecule has 1 fully saturated rings. The van der Waals surface area contributed by atoms with Gasteiger partial charge in [0.25, 0.3) is 5.91 Å². The van der Waals surface area contributed by atoms with Gasteiger partial charge in [-0.2, -0.15) is 5.10 Å². The van der Waals surface area contributed by atoms with E-state index in [-0.39, 0.29) is 24.1 Å². The predicted octanol–water partition coefficient (Wildman–Crippen LogP) is 2.09. The summed E-state index contributed by atoms with van der Waals surface area (Å²) < 4.78 is 13.3. The molecule has 3 unspecified atom stereocenters. The van der Waals surface area contributed by atoms with Gasteiger partial charge in [-0.1, -0.05) is 30.3 Å². The van der Waals surface area contributed by atoms with Crippen molar-refractivity contribution in [3.63, 3.8) is 0 Å². The third kappa shape index (κ3) is 5.37. The fraction of sp³-hybridized carbons (Fsp3) is 0.375. The number of rotatable bonds is 8. The smallest absolute Gasteiger partial charge is 0.269 e. The van der Waals surface area contributed by atoms with E-state index in [1.54, 1.807) is 11.9 Å². The average Bonchev–Trinajstić information content (AvgIpc) is 3.47. The molecule has 4 N–H and O–H groups in total. The van der Waals surface area contributed by atoms with Crippen molar-refractivity contribution in [1.82, 2.24) is 15.8 Å². The maximum absolute atomic E-state index is 13.3. The van der Waals surface area contributed by atoms with E-state index in [9.17, 15) is 14.0 Å². The van der Waals surface area contributed by atoms with Crippen LogP contribution >= 0.6 is 0 Å². The number of benzene rings is 2. The summed E-state index contributed by atoms with van der Waals surface area (Å²) in [5, 5.41) is 5.76. The minimum Gasteiger partial charge on any atom is -0.368 e. The molecular formula is C24H29FN6O2. The zero-order valence-electron chi connectivity index (χ0n) is 18.6. The van der Waals surface area contributed by atoms with E-state index in [0.29, 0.717) is 18.3 Å². The van der Waals surface area contributed by atoms with Crippen molar-refractivity contribution in [1.29, 1.82) is 0 Å². The highest BCUT2D eigenvalue weighted by molar-refractivity contribution is 6.40. The van der Waals surface area contributed by atoms with Gasteiger partial charge in [-0.25, -0.2) is 4.39 Å². The number of hydrazine groups is 1. The van der Waals surface area contributed by atoms with Gasteiger partial charge in [0.1, 0.15) is 17.6 Å². The maximum atomic E-state index is 13.3. The van der Waals surface area contributed by atoms with Crippen molar-refractivity contribution >= 4 is 23.2 Å². The number of halogens is 1. The molecule has 174 valence electrons. The maximum Gasteiger partial charge on any atom is 0.269 e. The second kappa shape index (κ2) is 10.1. The van der Waals surface area contributed by atoms with E-state index >= 15 is 0 Å². The van der Waals surface area contributed by atoms with Crippen LogP contribution in [0.3, 0.4) is 0 Å². The van der Waals surface area contributed by atoms with Crippen LogP contribution < -0.4 is 21.6 Å². The number of anilines is 1. The summed E-state index contributed by atoms with van der Waals surface area (Å²) in [5.74, 6) is -1.21. The first-order valence-corrected chi connectivity index (χ1v) is 11.2. The Kier molecular flexibility index (Phi) is 7.00. The van der Waals surface area contributed by atoms with Gasteiger partial charge in [0, 0.05) is 32.1 Å². The highest BCUT2D eigenvalue weighted by atomic mass is 19.1. The lowest BCUT2D eigenvalue weighted by Crippen LogP contribution is -2.40. The average molecular weight is 453 g/mol. The molecule has 4 rings (SSSR count). The van der Waals surface area contributed by atoms with Crippen molar-refractivity contribution in [3.05, 3.63) is 66.0 Å². The van der Waals surface area contributed by atoms with Crippen LogP contribution in [0.15, 0.2) is 59.7 Å². The minimum absolute atomic E-state index is 0.128. The molecule has 0 spiro atoms. The molecule has 9 heteroatoms. The summed E-state index contributed by atoms with van der Waals surface area (Å²) in [6.07, 6.45) is 2.87. The largest absolute Gasteiger partial charge is 0.368 e. The molecular weight excluding hydrogens is 423 g/mol. The molecule has 1 saturated heterocycles. The number of carbonyl (C=O) groups excluding carboxylic acids is 2. The second-order valence-electron chi connectivity index (χ2n) is 8.54. The molecule has 2 aromatic rings. The van der Waals surface area contributed by atoms with E-state index in [2.05, 4.69) is 28.1 Å². The van der Waals surface area contributed by atoms with Crippen molar-refractivity contribution in [2.45, 2.75) is 43.8 Å². The Bertz CT molecular complexity index is 1010. The predicted molar refractivity (Wildman–Crippen MR) is 125 cm³/mol. The Morgan fingerprint density at radius 1 is 1.15 bits per heavy atom.